The van der Waals surface area contributed by atoms with Crippen LogP contribution in [0.5, 0.6) is 0 Å². The summed E-state index contributed by atoms with van der Waals surface area (Å²) in [4.78, 5) is 1.28. The first-order valence-corrected chi connectivity index (χ1v) is 12.9. The largest absolute Gasteiger partial charge is 0.372 e. The maximum atomic E-state index is 14.9. The molecule has 0 saturated carbocycles. The summed E-state index contributed by atoms with van der Waals surface area (Å²) in [5, 5.41) is 0. The van der Waals surface area contributed by atoms with Crippen LogP contribution in [-0.4, -0.2) is 38.5 Å². The van der Waals surface area contributed by atoms with Crippen LogP contribution in [0.25, 0.3) is 0 Å². The third kappa shape index (κ3) is 5.57. The zero-order valence-corrected chi connectivity index (χ0v) is 20.9. The van der Waals surface area contributed by atoms with Crippen molar-refractivity contribution in [1.29, 1.82) is 0 Å². The van der Waals surface area contributed by atoms with E-state index in [1.807, 2.05) is 0 Å². The Labute approximate surface area is 198 Å². The number of halogens is 4. The number of morpholine rings is 1. The van der Waals surface area contributed by atoms with E-state index in [9.17, 15) is 26.0 Å². The van der Waals surface area contributed by atoms with Gasteiger partial charge in [0.25, 0.3) is 0 Å². The average Bonchev–Trinajstić information content (AvgIpc) is 2.72. The molecule has 9 heteroatoms. The summed E-state index contributed by atoms with van der Waals surface area (Å²) in [7, 11) is -3.35. The zero-order chi connectivity index (χ0) is 25.4. The summed E-state index contributed by atoms with van der Waals surface area (Å²) < 4.78 is 88.7. The van der Waals surface area contributed by atoms with Crippen molar-refractivity contribution in [3.63, 3.8) is 0 Å². The second-order valence-electron chi connectivity index (χ2n) is 9.93. The van der Waals surface area contributed by atoms with Gasteiger partial charge < -0.3 is 9.64 Å². The number of aryl methyl sites for hydroxylation is 1. The summed E-state index contributed by atoms with van der Waals surface area (Å²) in [6, 6.07) is 6.58. The first kappa shape index (κ1) is 26.5. The van der Waals surface area contributed by atoms with Crippen LogP contribution in [0.1, 0.15) is 51.3 Å². The molecule has 0 bridgehead atoms. The van der Waals surface area contributed by atoms with Crippen molar-refractivity contribution in [2.24, 2.45) is 0 Å². The molecule has 0 radical (unpaired) electrons. The second kappa shape index (κ2) is 9.85. The average molecular weight is 502 g/mol. The lowest BCUT2D eigenvalue weighted by Gasteiger charge is -2.37. The van der Waals surface area contributed by atoms with Crippen LogP contribution >= 0.6 is 0 Å². The van der Waals surface area contributed by atoms with Crippen LogP contribution in [-0.2, 0) is 33.2 Å². The van der Waals surface area contributed by atoms with Crippen LogP contribution in [0.15, 0.2) is 24.3 Å². The van der Waals surface area contributed by atoms with Crippen LogP contribution in [0.4, 0.5) is 23.2 Å². The molecule has 0 aliphatic carbocycles. The Morgan fingerprint density at radius 2 is 1.32 bits per heavy atom. The molecule has 4 nitrogen and oxygen atoms in total. The summed E-state index contributed by atoms with van der Waals surface area (Å²) in [5.74, 6) is -5.73. The van der Waals surface area contributed by atoms with Crippen molar-refractivity contribution in [2.45, 2.75) is 70.2 Å². The lowest BCUT2D eigenvalue weighted by atomic mass is 10.0. The SMILES string of the molecule is C[C@@H]1CN(c2c(F)c(F)c(CCc3ccc(CS(=O)(=O)C(C)(C)C)cc3)c(F)c2F)C[C@H](C)O1. The number of benzene rings is 2. The van der Waals surface area contributed by atoms with Gasteiger partial charge in [0, 0.05) is 18.7 Å². The van der Waals surface area contributed by atoms with E-state index in [2.05, 4.69) is 0 Å². The summed E-state index contributed by atoms with van der Waals surface area (Å²) in [5.41, 5.74) is -0.0967. The lowest BCUT2D eigenvalue weighted by molar-refractivity contribution is -0.00567. The van der Waals surface area contributed by atoms with E-state index in [-0.39, 0.29) is 43.9 Å². The van der Waals surface area contributed by atoms with Crippen molar-refractivity contribution in [2.75, 3.05) is 18.0 Å². The second-order valence-corrected chi connectivity index (χ2v) is 12.7. The highest BCUT2D eigenvalue weighted by atomic mass is 32.2. The van der Waals surface area contributed by atoms with Gasteiger partial charge in [0.15, 0.2) is 33.1 Å². The lowest BCUT2D eigenvalue weighted by Crippen LogP contribution is -2.46. The molecule has 1 fully saturated rings. The highest BCUT2D eigenvalue weighted by Gasteiger charge is 2.32. The molecule has 0 unspecified atom stereocenters. The van der Waals surface area contributed by atoms with E-state index in [1.165, 1.54) is 4.90 Å². The first-order valence-electron chi connectivity index (χ1n) is 11.3. The van der Waals surface area contributed by atoms with Gasteiger partial charge in [0.05, 0.1) is 22.7 Å². The van der Waals surface area contributed by atoms with Gasteiger partial charge in [-0.3, -0.25) is 0 Å². The quantitative estimate of drug-likeness (QED) is 0.395. The minimum absolute atomic E-state index is 0.119. The molecule has 3 rings (SSSR count). The molecule has 0 N–H and O–H groups in total. The Balaban J connectivity index is 1.78. The predicted molar refractivity (Wildman–Crippen MR) is 125 cm³/mol. The van der Waals surface area contributed by atoms with Gasteiger partial charge in [-0.1, -0.05) is 24.3 Å². The smallest absolute Gasteiger partial charge is 0.185 e. The van der Waals surface area contributed by atoms with E-state index in [1.54, 1.807) is 58.9 Å². The van der Waals surface area contributed by atoms with Gasteiger partial charge in [0.1, 0.15) is 5.69 Å². The summed E-state index contributed by atoms with van der Waals surface area (Å²) in [6.07, 6.45) is -0.796. The van der Waals surface area contributed by atoms with Gasteiger partial charge >= 0.3 is 0 Å². The molecule has 2 atom stereocenters. The third-order valence-corrected chi connectivity index (χ3v) is 8.62. The van der Waals surface area contributed by atoms with Gasteiger partial charge in [0.2, 0.25) is 0 Å². The number of hydrogen-bond donors (Lipinski definition) is 0. The molecule has 2 aromatic rings. The number of ether oxygens (including phenoxy) is 1. The zero-order valence-electron chi connectivity index (χ0n) is 20.1. The predicted octanol–water partition coefficient (Wildman–Crippen LogP) is 5.36. The minimum atomic E-state index is -3.35. The standard InChI is InChI=1S/C25H31F4NO3S/c1-15-12-30(13-16(2)33-15)24-22(28)20(26)19(21(27)23(24)29)11-10-17-6-8-18(9-7-17)14-34(31,32)25(3,4)5/h6-9,15-16H,10-14H2,1-5H3/t15-,16+. The fraction of sp³-hybridized carbons (Fsp3) is 0.520. The Bertz CT molecular complexity index is 1110. The molecule has 188 valence electrons. The molecule has 0 aromatic heterocycles. The fourth-order valence-electron chi connectivity index (χ4n) is 4.03. The highest BCUT2D eigenvalue weighted by Crippen LogP contribution is 2.33. The minimum Gasteiger partial charge on any atom is -0.372 e. The molecule has 1 aliphatic heterocycles. The van der Waals surface area contributed by atoms with Gasteiger partial charge in [-0.15, -0.1) is 0 Å². The van der Waals surface area contributed by atoms with Crippen molar-refractivity contribution < 1.29 is 30.7 Å². The molecule has 1 saturated heterocycles. The Morgan fingerprint density at radius 3 is 1.79 bits per heavy atom. The topological polar surface area (TPSA) is 46.6 Å². The fourth-order valence-corrected chi connectivity index (χ4v) is 5.09. The number of nitrogens with zero attached hydrogens (tertiary/aromatic N) is 1. The monoisotopic (exact) mass is 501 g/mol. The van der Waals surface area contributed by atoms with Crippen LogP contribution in [0.2, 0.25) is 0 Å². The number of sulfone groups is 1. The maximum absolute atomic E-state index is 14.9. The van der Waals surface area contributed by atoms with Crippen molar-refractivity contribution >= 4 is 15.5 Å². The number of rotatable bonds is 6. The van der Waals surface area contributed by atoms with Crippen LogP contribution in [0, 0.1) is 23.3 Å². The summed E-state index contributed by atoms with van der Waals surface area (Å²) >= 11 is 0. The molecular weight excluding hydrogens is 470 g/mol. The van der Waals surface area contributed by atoms with E-state index in [0.29, 0.717) is 11.1 Å². The molecule has 1 aliphatic rings. The van der Waals surface area contributed by atoms with Gasteiger partial charge in [-0.25, -0.2) is 26.0 Å². The molecule has 1 heterocycles. The number of hydrogen-bond acceptors (Lipinski definition) is 4. The van der Waals surface area contributed by atoms with Crippen molar-refractivity contribution in [1.82, 2.24) is 0 Å². The van der Waals surface area contributed by atoms with Crippen molar-refractivity contribution in [3.8, 4) is 0 Å². The molecule has 34 heavy (non-hydrogen) atoms. The van der Waals surface area contributed by atoms with Gasteiger partial charge in [-0.05, 0) is 58.6 Å². The normalized spacial score (nSPS) is 19.5. The van der Waals surface area contributed by atoms with Crippen LogP contribution in [0.3, 0.4) is 0 Å². The van der Waals surface area contributed by atoms with E-state index < -0.39 is 49.1 Å². The third-order valence-electron chi connectivity index (χ3n) is 6.04. The number of anilines is 1. The van der Waals surface area contributed by atoms with E-state index in [4.69, 9.17) is 4.74 Å². The van der Waals surface area contributed by atoms with Gasteiger partial charge in [-0.2, -0.15) is 0 Å². The molecule has 2 aromatic carbocycles. The van der Waals surface area contributed by atoms with E-state index in [0.717, 1.165) is 0 Å². The summed E-state index contributed by atoms with van der Waals surface area (Å²) in [6.45, 7) is 8.57. The Hall–Kier alpha value is -2.13. The van der Waals surface area contributed by atoms with E-state index >= 15 is 0 Å². The van der Waals surface area contributed by atoms with Crippen LogP contribution < -0.4 is 4.90 Å². The first-order chi connectivity index (χ1) is 15.7. The molecular formula is C25H31F4NO3S. The Kier molecular flexibility index (Phi) is 7.67. The van der Waals surface area contributed by atoms with Crippen molar-refractivity contribution in [3.05, 3.63) is 64.2 Å². The molecule has 0 amide bonds. The highest BCUT2D eigenvalue weighted by molar-refractivity contribution is 7.91. The molecule has 0 spiro atoms. The maximum Gasteiger partial charge on any atom is 0.185 e. The Morgan fingerprint density at radius 1 is 0.853 bits per heavy atom.